The van der Waals surface area contributed by atoms with E-state index >= 15 is 0 Å². The van der Waals surface area contributed by atoms with Crippen molar-refractivity contribution in [1.29, 1.82) is 5.26 Å². The van der Waals surface area contributed by atoms with Crippen LogP contribution in [0.5, 0.6) is 0 Å². The van der Waals surface area contributed by atoms with E-state index in [0.717, 1.165) is 5.70 Å². The van der Waals surface area contributed by atoms with E-state index < -0.39 is 0 Å². The van der Waals surface area contributed by atoms with E-state index in [2.05, 4.69) is 11.1 Å². The molecule has 4 heteroatoms. The Bertz CT molecular complexity index is 396. The van der Waals surface area contributed by atoms with Gasteiger partial charge in [0.25, 0.3) is 0 Å². The average molecular weight is 192 g/mol. The van der Waals surface area contributed by atoms with Crippen LogP contribution in [0.4, 0.5) is 0 Å². The Labute approximate surface area is 80.9 Å². The molecule has 0 atom stereocenters. The fourth-order valence-corrected chi connectivity index (χ4v) is 1.47. The van der Waals surface area contributed by atoms with Crippen molar-refractivity contribution in [3.8, 4) is 6.07 Å². The minimum atomic E-state index is 0.544. The highest BCUT2D eigenvalue weighted by Crippen LogP contribution is 2.22. The highest BCUT2D eigenvalue weighted by Gasteiger charge is 2.24. The van der Waals surface area contributed by atoms with Gasteiger partial charge < -0.3 is 4.90 Å². The second-order valence-electron chi connectivity index (χ2n) is 2.64. The number of nitrogens with zero attached hydrogens (tertiary/aromatic N) is 3. The van der Waals surface area contributed by atoms with Crippen molar-refractivity contribution in [2.45, 2.75) is 0 Å². The van der Waals surface area contributed by atoms with Crippen LogP contribution >= 0.6 is 11.6 Å². The zero-order valence-corrected chi connectivity index (χ0v) is 7.49. The number of aliphatic imine (C=N–C) groups is 1. The maximum Gasteiger partial charge on any atom is 0.150 e. The Kier molecular flexibility index (Phi) is 1.91. The molecule has 0 saturated carbocycles. The molecule has 3 nitrogen and oxygen atoms in total. The number of rotatable bonds is 0. The summed E-state index contributed by atoms with van der Waals surface area (Å²) in [5.41, 5.74) is 2.96. The van der Waals surface area contributed by atoms with Gasteiger partial charge >= 0.3 is 0 Å². The van der Waals surface area contributed by atoms with Crippen molar-refractivity contribution < 1.29 is 0 Å². The number of halogens is 1. The molecule has 2 heterocycles. The Balaban J connectivity index is 2.41. The van der Waals surface area contributed by atoms with Crippen LogP contribution in [0, 0.1) is 11.3 Å². The van der Waals surface area contributed by atoms with Crippen molar-refractivity contribution in [2.24, 2.45) is 4.99 Å². The lowest BCUT2D eigenvalue weighted by Gasteiger charge is -2.18. The molecule has 13 heavy (non-hydrogen) atoms. The van der Waals surface area contributed by atoms with Crippen LogP contribution in [0.3, 0.4) is 0 Å². The Morgan fingerprint density at radius 2 is 2.54 bits per heavy atom. The van der Waals surface area contributed by atoms with Crippen LogP contribution < -0.4 is 0 Å². The first-order chi connectivity index (χ1) is 6.36. The van der Waals surface area contributed by atoms with E-state index in [1.54, 1.807) is 6.08 Å². The zero-order valence-electron chi connectivity index (χ0n) is 6.74. The van der Waals surface area contributed by atoms with Crippen LogP contribution in [0.25, 0.3) is 0 Å². The van der Waals surface area contributed by atoms with Crippen molar-refractivity contribution in [1.82, 2.24) is 4.90 Å². The summed E-state index contributed by atoms with van der Waals surface area (Å²) in [5.74, 6) is 0.692. The van der Waals surface area contributed by atoms with Gasteiger partial charge in [0.2, 0.25) is 0 Å². The standard InChI is InChI=1S/C9H6ClN3/c10-4-8-6-12-9-7(5-11)2-1-3-13(8)9/h1-4H,6H2/b8-4+. The van der Waals surface area contributed by atoms with Gasteiger partial charge in [0, 0.05) is 11.7 Å². The molecule has 2 aliphatic heterocycles. The van der Waals surface area contributed by atoms with Crippen molar-refractivity contribution in [3.63, 3.8) is 0 Å². The Morgan fingerprint density at radius 3 is 3.23 bits per heavy atom. The smallest absolute Gasteiger partial charge is 0.150 e. The fraction of sp³-hybridized carbons (Fsp3) is 0.111. The van der Waals surface area contributed by atoms with Gasteiger partial charge in [-0.15, -0.1) is 0 Å². The van der Waals surface area contributed by atoms with E-state index in [1.165, 1.54) is 5.54 Å². The van der Waals surface area contributed by atoms with Crippen LogP contribution in [0.2, 0.25) is 0 Å². The van der Waals surface area contributed by atoms with Gasteiger partial charge in [-0.3, -0.25) is 4.99 Å². The second-order valence-corrected chi connectivity index (χ2v) is 2.86. The largest absolute Gasteiger partial charge is 0.302 e. The molecule has 0 unspecified atom stereocenters. The van der Waals surface area contributed by atoms with Gasteiger partial charge in [-0.2, -0.15) is 5.26 Å². The fourth-order valence-electron chi connectivity index (χ4n) is 1.30. The molecule has 0 aromatic carbocycles. The van der Waals surface area contributed by atoms with Crippen molar-refractivity contribution >= 4 is 17.4 Å². The van der Waals surface area contributed by atoms with E-state index in [4.69, 9.17) is 16.9 Å². The lowest BCUT2D eigenvalue weighted by molar-refractivity contribution is 0.714. The number of allylic oxidation sites excluding steroid dienone is 2. The van der Waals surface area contributed by atoms with Crippen molar-refractivity contribution in [2.75, 3.05) is 6.54 Å². The number of amidine groups is 1. The van der Waals surface area contributed by atoms with Crippen LogP contribution in [-0.4, -0.2) is 17.3 Å². The molecular weight excluding hydrogens is 186 g/mol. The molecule has 0 bridgehead atoms. The SMILES string of the molecule is N#CC1=CC=CN2C1=NC/C2=C\Cl. The lowest BCUT2D eigenvalue weighted by Crippen LogP contribution is -2.23. The number of hydrogen-bond donors (Lipinski definition) is 0. The molecule has 2 aliphatic rings. The van der Waals surface area contributed by atoms with Gasteiger partial charge in [0.1, 0.15) is 6.07 Å². The third kappa shape index (κ3) is 1.16. The van der Waals surface area contributed by atoms with Gasteiger partial charge in [-0.05, 0) is 12.2 Å². The minimum Gasteiger partial charge on any atom is -0.302 e. The highest BCUT2D eigenvalue weighted by molar-refractivity contribution is 6.26. The van der Waals surface area contributed by atoms with Gasteiger partial charge in [-0.1, -0.05) is 11.6 Å². The molecule has 0 amide bonds. The normalized spacial score (nSPS) is 22.5. The molecule has 0 fully saturated rings. The molecule has 0 aromatic rings. The molecule has 2 rings (SSSR count). The number of nitriles is 1. The van der Waals surface area contributed by atoms with Gasteiger partial charge in [0.05, 0.1) is 17.8 Å². The van der Waals surface area contributed by atoms with E-state index in [9.17, 15) is 0 Å². The zero-order chi connectivity index (χ0) is 9.26. The van der Waals surface area contributed by atoms with Crippen molar-refractivity contribution in [3.05, 3.63) is 35.2 Å². The van der Waals surface area contributed by atoms with Crippen LogP contribution in [0.1, 0.15) is 0 Å². The molecule has 0 aromatic heterocycles. The predicted molar refractivity (Wildman–Crippen MR) is 50.9 cm³/mol. The third-order valence-electron chi connectivity index (χ3n) is 1.91. The maximum atomic E-state index is 8.78. The molecule has 0 saturated heterocycles. The summed E-state index contributed by atoms with van der Waals surface area (Å²) in [6.45, 7) is 0.544. The van der Waals surface area contributed by atoms with Gasteiger partial charge in [0.15, 0.2) is 5.84 Å². The molecule has 0 radical (unpaired) electrons. The Morgan fingerprint density at radius 1 is 1.69 bits per heavy atom. The lowest BCUT2D eigenvalue weighted by atomic mass is 10.2. The summed E-state index contributed by atoms with van der Waals surface area (Å²) in [6.07, 6.45) is 5.40. The first kappa shape index (κ1) is 8.09. The maximum absolute atomic E-state index is 8.78. The molecule has 64 valence electrons. The van der Waals surface area contributed by atoms with E-state index in [-0.39, 0.29) is 0 Å². The molecule has 0 spiro atoms. The van der Waals surface area contributed by atoms with E-state index in [0.29, 0.717) is 18.0 Å². The van der Waals surface area contributed by atoms with Gasteiger partial charge in [-0.25, -0.2) is 0 Å². The van der Waals surface area contributed by atoms with Crippen LogP contribution in [-0.2, 0) is 0 Å². The summed E-state index contributed by atoms with van der Waals surface area (Å²) < 4.78 is 0. The first-order valence-corrected chi connectivity index (χ1v) is 4.22. The molecule has 0 aliphatic carbocycles. The number of fused-ring (bicyclic) bond motifs is 1. The predicted octanol–water partition coefficient (Wildman–Crippen LogP) is 1.76. The Hall–Kier alpha value is -1.53. The number of hydrogen-bond acceptors (Lipinski definition) is 3. The minimum absolute atomic E-state index is 0.544. The summed E-state index contributed by atoms with van der Waals surface area (Å²) in [5, 5.41) is 8.78. The molecule has 0 N–H and O–H groups in total. The summed E-state index contributed by atoms with van der Waals surface area (Å²) >= 11 is 5.61. The van der Waals surface area contributed by atoms with E-state index in [1.807, 2.05) is 17.2 Å². The quantitative estimate of drug-likeness (QED) is 0.585. The highest BCUT2D eigenvalue weighted by atomic mass is 35.5. The second kappa shape index (κ2) is 3.08. The summed E-state index contributed by atoms with van der Waals surface area (Å²) in [6, 6.07) is 2.09. The topological polar surface area (TPSA) is 39.4 Å². The average Bonchev–Trinajstić information content (AvgIpc) is 2.60. The summed E-state index contributed by atoms with van der Waals surface area (Å²) in [4.78, 5) is 6.04. The van der Waals surface area contributed by atoms with Crippen LogP contribution in [0.15, 0.2) is 40.1 Å². The molecular formula is C9H6ClN3. The monoisotopic (exact) mass is 191 g/mol. The summed E-state index contributed by atoms with van der Waals surface area (Å²) in [7, 11) is 0. The third-order valence-corrected chi connectivity index (χ3v) is 2.17. The first-order valence-electron chi connectivity index (χ1n) is 3.78.